The van der Waals surface area contributed by atoms with Crippen LogP contribution in [0.4, 0.5) is 5.69 Å². The van der Waals surface area contributed by atoms with Gasteiger partial charge in [-0.1, -0.05) is 13.3 Å². The van der Waals surface area contributed by atoms with Crippen molar-refractivity contribution in [3.63, 3.8) is 0 Å². The van der Waals surface area contributed by atoms with E-state index in [4.69, 9.17) is 4.74 Å². The van der Waals surface area contributed by atoms with Crippen LogP contribution in [0.2, 0.25) is 0 Å². The van der Waals surface area contributed by atoms with Crippen molar-refractivity contribution in [2.75, 3.05) is 18.2 Å². The normalized spacial score (nSPS) is 12.3. The number of aryl methyl sites for hydroxylation is 2. The second-order valence-electron chi connectivity index (χ2n) is 4.45. The van der Waals surface area contributed by atoms with Gasteiger partial charge in [0.25, 0.3) is 0 Å². The molecule has 1 aromatic heterocycles. The molecule has 108 valence electrons. The van der Waals surface area contributed by atoms with Crippen molar-refractivity contribution in [1.29, 1.82) is 0 Å². The van der Waals surface area contributed by atoms with Crippen molar-refractivity contribution in [3.05, 3.63) is 5.69 Å². The quantitative estimate of drug-likeness (QED) is 0.782. The van der Waals surface area contributed by atoms with Gasteiger partial charge in [0.2, 0.25) is 11.8 Å². The topological polar surface area (TPSA) is 56.2 Å². The molecule has 1 rings (SSSR count). The zero-order valence-electron chi connectivity index (χ0n) is 12.3. The summed E-state index contributed by atoms with van der Waals surface area (Å²) >= 11 is 1.67. The van der Waals surface area contributed by atoms with E-state index >= 15 is 0 Å². The smallest absolute Gasteiger partial charge is 0.237 e. The van der Waals surface area contributed by atoms with E-state index < -0.39 is 0 Å². The Morgan fingerprint density at radius 2 is 2.26 bits per heavy atom. The predicted octanol–water partition coefficient (Wildman–Crippen LogP) is 2.60. The third-order valence-electron chi connectivity index (χ3n) is 2.85. The second-order valence-corrected chi connectivity index (χ2v) is 5.90. The number of unbranched alkanes of at least 4 members (excludes halogenated alkanes) is 1. The van der Waals surface area contributed by atoms with Crippen LogP contribution in [0.1, 0.15) is 32.4 Å². The molecule has 0 saturated heterocycles. The Morgan fingerprint density at radius 1 is 1.58 bits per heavy atom. The highest BCUT2D eigenvalue weighted by Gasteiger charge is 2.19. The first-order chi connectivity index (χ1) is 9.01. The van der Waals surface area contributed by atoms with Crippen molar-refractivity contribution in [2.24, 2.45) is 7.05 Å². The summed E-state index contributed by atoms with van der Waals surface area (Å²) in [6.07, 6.45) is 2.29. The van der Waals surface area contributed by atoms with Gasteiger partial charge in [0.15, 0.2) is 0 Å². The summed E-state index contributed by atoms with van der Waals surface area (Å²) in [6, 6.07) is 0. The van der Waals surface area contributed by atoms with E-state index in [0.717, 1.165) is 24.3 Å². The Morgan fingerprint density at radius 3 is 2.84 bits per heavy atom. The molecule has 1 aromatic rings. The molecule has 0 radical (unpaired) electrons. The highest BCUT2D eigenvalue weighted by atomic mass is 32.2. The molecule has 1 amide bonds. The molecule has 0 unspecified atom stereocenters. The Kier molecular flexibility index (Phi) is 6.21. The SMILES string of the molecule is CCCCS[C@@H](C)C(=O)Nc1c(C)nn(C)c1OC. The maximum atomic E-state index is 12.1. The first-order valence-corrected chi connectivity index (χ1v) is 7.56. The van der Waals surface area contributed by atoms with Crippen LogP contribution in [-0.2, 0) is 11.8 Å². The Balaban J connectivity index is 2.66. The van der Waals surface area contributed by atoms with E-state index in [9.17, 15) is 4.79 Å². The van der Waals surface area contributed by atoms with Crippen LogP contribution in [-0.4, -0.2) is 33.8 Å². The molecule has 0 bridgehead atoms. The third-order valence-corrected chi connectivity index (χ3v) is 4.08. The molecule has 0 aliphatic carbocycles. The van der Waals surface area contributed by atoms with E-state index in [-0.39, 0.29) is 11.2 Å². The summed E-state index contributed by atoms with van der Waals surface area (Å²) in [5, 5.41) is 7.08. The molecule has 1 heterocycles. The van der Waals surface area contributed by atoms with Gasteiger partial charge in [-0.15, -0.1) is 11.8 Å². The molecule has 0 fully saturated rings. The first kappa shape index (κ1) is 15.9. The summed E-state index contributed by atoms with van der Waals surface area (Å²) in [5.41, 5.74) is 1.43. The maximum Gasteiger partial charge on any atom is 0.237 e. The number of methoxy groups -OCH3 is 1. The molecule has 6 heteroatoms. The van der Waals surface area contributed by atoms with Gasteiger partial charge < -0.3 is 10.1 Å². The van der Waals surface area contributed by atoms with Crippen LogP contribution < -0.4 is 10.1 Å². The molecular weight excluding hydrogens is 262 g/mol. The molecule has 0 aromatic carbocycles. The zero-order valence-corrected chi connectivity index (χ0v) is 13.1. The van der Waals surface area contributed by atoms with Crippen molar-refractivity contribution in [2.45, 2.75) is 38.9 Å². The minimum Gasteiger partial charge on any atom is -0.480 e. The summed E-state index contributed by atoms with van der Waals surface area (Å²) < 4.78 is 6.88. The average Bonchev–Trinajstić information content (AvgIpc) is 2.63. The lowest BCUT2D eigenvalue weighted by Crippen LogP contribution is -2.23. The van der Waals surface area contributed by atoms with Crippen LogP contribution in [0.15, 0.2) is 0 Å². The van der Waals surface area contributed by atoms with E-state index in [1.807, 2.05) is 13.8 Å². The van der Waals surface area contributed by atoms with Gasteiger partial charge in [-0.3, -0.25) is 4.79 Å². The van der Waals surface area contributed by atoms with Crippen LogP contribution >= 0.6 is 11.8 Å². The minimum atomic E-state index is -0.0733. The fraction of sp³-hybridized carbons (Fsp3) is 0.692. The lowest BCUT2D eigenvalue weighted by Gasteiger charge is -2.12. The van der Waals surface area contributed by atoms with Gasteiger partial charge in [0.1, 0.15) is 5.69 Å². The van der Waals surface area contributed by atoms with Gasteiger partial charge in [-0.25, -0.2) is 4.68 Å². The fourth-order valence-electron chi connectivity index (χ4n) is 1.72. The number of carbonyl (C=O) groups excluding carboxylic acids is 1. The summed E-state index contributed by atoms with van der Waals surface area (Å²) in [4.78, 5) is 12.1. The van der Waals surface area contributed by atoms with Crippen LogP contribution in [0, 0.1) is 6.92 Å². The van der Waals surface area contributed by atoms with E-state index in [1.165, 1.54) is 0 Å². The highest BCUT2D eigenvalue weighted by molar-refractivity contribution is 8.00. The molecule has 0 spiro atoms. The first-order valence-electron chi connectivity index (χ1n) is 6.51. The highest BCUT2D eigenvalue weighted by Crippen LogP contribution is 2.27. The fourth-order valence-corrected chi connectivity index (χ4v) is 2.74. The van der Waals surface area contributed by atoms with Crippen molar-refractivity contribution < 1.29 is 9.53 Å². The van der Waals surface area contributed by atoms with E-state index in [1.54, 1.807) is 30.6 Å². The number of thioether (sulfide) groups is 1. The number of carbonyl (C=O) groups is 1. The summed E-state index contributed by atoms with van der Waals surface area (Å²) in [7, 11) is 3.37. The second kappa shape index (κ2) is 7.43. The number of amides is 1. The summed E-state index contributed by atoms with van der Waals surface area (Å²) in [5.74, 6) is 1.58. The predicted molar refractivity (Wildman–Crippen MR) is 80.0 cm³/mol. The van der Waals surface area contributed by atoms with Gasteiger partial charge in [0.05, 0.1) is 18.1 Å². The number of ether oxygens (including phenoxy) is 1. The number of hydrogen-bond donors (Lipinski definition) is 1. The number of nitrogens with one attached hydrogen (secondary N) is 1. The molecule has 0 aliphatic rings. The average molecular weight is 285 g/mol. The van der Waals surface area contributed by atoms with E-state index in [2.05, 4.69) is 17.3 Å². The molecule has 0 saturated carbocycles. The number of hydrogen-bond acceptors (Lipinski definition) is 4. The van der Waals surface area contributed by atoms with E-state index in [0.29, 0.717) is 11.6 Å². The Labute approximate surface area is 119 Å². The van der Waals surface area contributed by atoms with Crippen LogP contribution in [0.3, 0.4) is 0 Å². The number of nitrogens with zero attached hydrogens (tertiary/aromatic N) is 2. The number of rotatable bonds is 7. The van der Waals surface area contributed by atoms with Crippen LogP contribution in [0.5, 0.6) is 5.88 Å². The monoisotopic (exact) mass is 285 g/mol. The van der Waals surface area contributed by atoms with Crippen LogP contribution in [0.25, 0.3) is 0 Å². The van der Waals surface area contributed by atoms with Crippen molar-refractivity contribution in [3.8, 4) is 5.88 Å². The van der Waals surface area contributed by atoms with Crippen molar-refractivity contribution >= 4 is 23.4 Å². The summed E-state index contributed by atoms with van der Waals surface area (Å²) in [6.45, 7) is 5.93. The standard InChI is InChI=1S/C13H23N3O2S/c1-6-7-8-19-10(3)12(17)14-11-9(2)15-16(4)13(11)18-5/h10H,6-8H2,1-5H3,(H,14,17)/t10-/m0/s1. The maximum absolute atomic E-state index is 12.1. The molecule has 1 N–H and O–H groups in total. The molecule has 19 heavy (non-hydrogen) atoms. The number of aromatic nitrogens is 2. The molecule has 0 aliphatic heterocycles. The van der Waals surface area contributed by atoms with Gasteiger partial charge in [-0.05, 0) is 26.0 Å². The molecular formula is C13H23N3O2S. The molecule has 1 atom stereocenters. The third kappa shape index (κ3) is 4.16. The lowest BCUT2D eigenvalue weighted by atomic mass is 10.3. The largest absolute Gasteiger partial charge is 0.480 e. The van der Waals surface area contributed by atoms with Gasteiger partial charge in [-0.2, -0.15) is 5.10 Å². The minimum absolute atomic E-state index is 0.00416. The van der Waals surface area contributed by atoms with Gasteiger partial charge >= 0.3 is 0 Å². The number of anilines is 1. The lowest BCUT2D eigenvalue weighted by molar-refractivity contribution is -0.115. The Bertz CT molecular complexity index is 432. The molecule has 5 nitrogen and oxygen atoms in total. The van der Waals surface area contributed by atoms with Crippen molar-refractivity contribution in [1.82, 2.24) is 9.78 Å². The zero-order chi connectivity index (χ0) is 14.4. The van der Waals surface area contributed by atoms with Gasteiger partial charge in [0, 0.05) is 7.05 Å². The Hall–Kier alpha value is -1.17.